The molecule has 1 fully saturated rings. The summed E-state index contributed by atoms with van der Waals surface area (Å²) in [6.07, 6.45) is 4.94. The van der Waals surface area contributed by atoms with Crippen molar-refractivity contribution in [2.75, 3.05) is 5.73 Å². The van der Waals surface area contributed by atoms with Gasteiger partial charge in [-0.3, -0.25) is 4.79 Å². The van der Waals surface area contributed by atoms with Crippen LogP contribution in [-0.2, 0) is 10.2 Å². The molecule has 1 aliphatic carbocycles. The number of nitrogens with zero attached hydrogens (tertiary/aromatic N) is 1. The molecule has 0 bridgehead atoms. The molecular formula is C14H22N4O. The standard InChI is InChI=1S/C14H22N4O/c1-9(15)10-2-5-14(6-3-10,13(17)19)11-4-7-18-12(16)8-11/h4,7-10H,2-3,5-6,15H2,1H3,(H2,16,18)(H2,17,19). The van der Waals surface area contributed by atoms with Gasteiger partial charge in [-0.2, -0.15) is 0 Å². The Morgan fingerprint density at radius 2 is 2.11 bits per heavy atom. The number of carbonyl (C=O) groups excluding carboxylic acids is 1. The smallest absolute Gasteiger partial charge is 0.228 e. The first-order valence-corrected chi connectivity index (χ1v) is 6.73. The Morgan fingerprint density at radius 1 is 1.47 bits per heavy atom. The number of nitrogens with two attached hydrogens (primary N) is 3. The Hall–Kier alpha value is -1.62. The Labute approximate surface area is 113 Å². The average molecular weight is 262 g/mol. The van der Waals surface area contributed by atoms with Gasteiger partial charge in [-0.1, -0.05) is 0 Å². The zero-order valence-corrected chi connectivity index (χ0v) is 11.3. The molecule has 1 aromatic heterocycles. The number of primary amides is 1. The van der Waals surface area contributed by atoms with Crippen molar-refractivity contribution in [3.63, 3.8) is 0 Å². The van der Waals surface area contributed by atoms with Crippen molar-refractivity contribution in [2.24, 2.45) is 17.4 Å². The van der Waals surface area contributed by atoms with Gasteiger partial charge in [0, 0.05) is 12.2 Å². The summed E-state index contributed by atoms with van der Waals surface area (Å²) in [5.41, 5.74) is 17.6. The fourth-order valence-corrected chi connectivity index (χ4v) is 3.08. The molecule has 6 N–H and O–H groups in total. The second-order valence-electron chi connectivity index (χ2n) is 5.61. The summed E-state index contributed by atoms with van der Waals surface area (Å²) in [7, 11) is 0. The first kappa shape index (κ1) is 13.8. The van der Waals surface area contributed by atoms with Gasteiger partial charge in [0.05, 0.1) is 5.41 Å². The van der Waals surface area contributed by atoms with Gasteiger partial charge in [0.15, 0.2) is 0 Å². The first-order chi connectivity index (χ1) is 8.95. The molecule has 0 radical (unpaired) electrons. The van der Waals surface area contributed by atoms with E-state index >= 15 is 0 Å². The van der Waals surface area contributed by atoms with Crippen LogP contribution in [-0.4, -0.2) is 16.9 Å². The Morgan fingerprint density at radius 3 is 2.58 bits per heavy atom. The summed E-state index contributed by atoms with van der Waals surface area (Å²) in [6.45, 7) is 2.02. The summed E-state index contributed by atoms with van der Waals surface area (Å²) in [4.78, 5) is 16.0. The summed E-state index contributed by atoms with van der Waals surface area (Å²) in [5.74, 6) is 0.611. The van der Waals surface area contributed by atoms with Crippen LogP contribution in [0.15, 0.2) is 18.3 Å². The molecule has 0 saturated heterocycles. The van der Waals surface area contributed by atoms with Crippen LogP contribution in [0.5, 0.6) is 0 Å². The fourth-order valence-electron chi connectivity index (χ4n) is 3.08. The normalized spacial score (nSPS) is 28.8. The van der Waals surface area contributed by atoms with Crippen LogP contribution in [0.1, 0.15) is 38.2 Å². The number of nitrogen functional groups attached to an aromatic ring is 1. The van der Waals surface area contributed by atoms with Gasteiger partial charge in [0.25, 0.3) is 0 Å². The van der Waals surface area contributed by atoms with Crippen LogP contribution >= 0.6 is 0 Å². The highest BCUT2D eigenvalue weighted by Crippen LogP contribution is 2.42. The van der Waals surface area contributed by atoms with Gasteiger partial charge in [-0.15, -0.1) is 0 Å². The largest absolute Gasteiger partial charge is 0.384 e. The zero-order chi connectivity index (χ0) is 14.0. The summed E-state index contributed by atoms with van der Waals surface area (Å²) < 4.78 is 0. The first-order valence-electron chi connectivity index (χ1n) is 6.73. The van der Waals surface area contributed by atoms with Gasteiger partial charge < -0.3 is 17.2 Å². The molecule has 2 rings (SSSR count). The molecule has 1 unspecified atom stereocenters. The number of hydrogen-bond donors (Lipinski definition) is 3. The number of aromatic nitrogens is 1. The van der Waals surface area contributed by atoms with Gasteiger partial charge in [-0.05, 0) is 56.2 Å². The third-order valence-electron chi connectivity index (χ3n) is 4.43. The quantitative estimate of drug-likeness (QED) is 0.752. The average Bonchev–Trinajstić information content (AvgIpc) is 2.38. The van der Waals surface area contributed by atoms with E-state index in [0.29, 0.717) is 11.7 Å². The summed E-state index contributed by atoms with van der Waals surface area (Å²) in [5, 5.41) is 0. The second-order valence-corrected chi connectivity index (χ2v) is 5.61. The molecule has 5 nitrogen and oxygen atoms in total. The number of rotatable bonds is 3. The number of anilines is 1. The van der Waals surface area contributed by atoms with Gasteiger partial charge in [-0.25, -0.2) is 4.98 Å². The Bertz CT molecular complexity index is 464. The predicted octanol–water partition coefficient (Wildman–Crippen LogP) is 0.924. The molecule has 19 heavy (non-hydrogen) atoms. The van der Waals surface area contributed by atoms with E-state index in [9.17, 15) is 4.79 Å². The highest BCUT2D eigenvalue weighted by Gasteiger charge is 2.42. The van der Waals surface area contributed by atoms with Gasteiger partial charge >= 0.3 is 0 Å². The number of hydrogen-bond acceptors (Lipinski definition) is 4. The molecule has 1 atom stereocenters. The minimum absolute atomic E-state index is 0.161. The van der Waals surface area contributed by atoms with Crippen molar-refractivity contribution in [1.82, 2.24) is 4.98 Å². The van der Waals surface area contributed by atoms with E-state index in [4.69, 9.17) is 17.2 Å². The van der Waals surface area contributed by atoms with E-state index < -0.39 is 5.41 Å². The predicted molar refractivity (Wildman–Crippen MR) is 75.1 cm³/mol. The van der Waals surface area contributed by atoms with Crippen molar-refractivity contribution in [2.45, 2.75) is 44.1 Å². The fraction of sp³-hybridized carbons (Fsp3) is 0.571. The van der Waals surface area contributed by atoms with Crippen molar-refractivity contribution >= 4 is 11.7 Å². The van der Waals surface area contributed by atoms with E-state index in [0.717, 1.165) is 31.2 Å². The van der Waals surface area contributed by atoms with E-state index in [2.05, 4.69) is 4.98 Å². The molecule has 0 aromatic carbocycles. The van der Waals surface area contributed by atoms with E-state index in [1.165, 1.54) is 0 Å². The van der Waals surface area contributed by atoms with Gasteiger partial charge in [0.1, 0.15) is 5.82 Å². The Kier molecular flexibility index (Phi) is 3.75. The van der Waals surface area contributed by atoms with E-state index in [1.54, 1.807) is 12.3 Å². The number of carbonyl (C=O) groups is 1. The minimum Gasteiger partial charge on any atom is -0.384 e. The SMILES string of the molecule is CC(N)C1CCC(C(N)=O)(c2ccnc(N)c2)CC1. The maximum Gasteiger partial charge on any atom is 0.228 e. The van der Waals surface area contributed by atoms with E-state index in [1.807, 2.05) is 13.0 Å². The van der Waals surface area contributed by atoms with Crippen molar-refractivity contribution in [1.29, 1.82) is 0 Å². The maximum atomic E-state index is 12.0. The zero-order valence-electron chi connectivity index (χ0n) is 11.3. The van der Waals surface area contributed by atoms with Crippen LogP contribution in [0.25, 0.3) is 0 Å². The molecular weight excluding hydrogens is 240 g/mol. The molecule has 0 spiro atoms. The number of pyridine rings is 1. The molecule has 1 heterocycles. The van der Waals surface area contributed by atoms with Crippen molar-refractivity contribution < 1.29 is 4.79 Å². The van der Waals surface area contributed by atoms with Crippen LogP contribution in [0.4, 0.5) is 5.82 Å². The summed E-state index contributed by atoms with van der Waals surface area (Å²) >= 11 is 0. The lowest BCUT2D eigenvalue weighted by molar-refractivity contribution is -0.125. The molecule has 1 saturated carbocycles. The van der Waals surface area contributed by atoms with Crippen LogP contribution in [0, 0.1) is 5.92 Å². The molecule has 104 valence electrons. The van der Waals surface area contributed by atoms with Crippen LogP contribution in [0.3, 0.4) is 0 Å². The van der Waals surface area contributed by atoms with Crippen LogP contribution in [0.2, 0.25) is 0 Å². The third-order valence-corrected chi connectivity index (χ3v) is 4.43. The Balaban J connectivity index is 2.29. The highest BCUT2D eigenvalue weighted by atomic mass is 16.1. The topological polar surface area (TPSA) is 108 Å². The molecule has 1 aliphatic rings. The lowest BCUT2D eigenvalue weighted by atomic mass is 9.65. The lowest BCUT2D eigenvalue weighted by Gasteiger charge is -2.39. The van der Waals surface area contributed by atoms with Crippen molar-refractivity contribution in [3.8, 4) is 0 Å². The maximum absolute atomic E-state index is 12.0. The molecule has 0 aliphatic heterocycles. The number of amides is 1. The molecule has 1 aromatic rings. The van der Waals surface area contributed by atoms with Gasteiger partial charge in [0.2, 0.25) is 5.91 Å². The minimum atomic E-state index is -0.609. The monoisotopic (exact) mass is 262 g/mol. The van der Waals surface area contributed by atoms with Crippen molar-refractivity contribution in [3.05, 3.63) is 23.9 Å². The van der Waals surface area contributed by atoms with Crippen LogP contribution < -0.4 is 17.2 Å². The summed E-state index contributed by atoms with van der Waals surface area (Å²) in [6, 6.07) is 3.76. The highest BCUT2D eigenvalue weighted by molar-refractivity contribution is 5.87. The molecule has 1 amide bonds. The lowest BCUT2D eigenvalue weighted by Crippen LogP contribution is -2.46. The second kappa shape index (κ2) is 5.17. The third kappa shape index (κ3) is 2.56. The van der Waals surface area contributed by atoms with E-state index in [-0.39, 0.29) is 11.9 Å². The molecule has 5 heteroatoms.